The lowest BCUT2D eigenvalue weighted by Crippen LogP contribution is -2.50. The van der Waals surface area contributed by atoms with Crippen LogP contribution in [0.3, 0.4) is 0 Å². The summed E-state index contributed by atoms with van der Waals surface area (Å²) < 4.78 is 68.5. The Labute approximate surface area is 210 Å². The van der Waals surface area contributed by atoms with Crippen LogP contribution in [-0.2, 0) is 14.8 Å². The molecule has 0 aromatic heterocycles. The molecule has 0 unspecified atom stereocenters. The Morgan fingerprint density at radius 1 is 1.19 bits per heavy atom. The van der Waals surface area contributed by atoms with Crippen LogP contribution in [0, 0.1) is 6.92 Å². The van der Waals surface area contributed by atoms with E-state index in [9.17, 15) is 36.3 Å². The minimum absolute atomic E-state index is 0.0117. The van der Waals surface area contributed by atoms with Crippen LogP contribution in [-0.4, -0.2) is 60.5 Å². The molecule has 2 aliphatic heterocycles. The largest absolute Gasteiger partial charge is 0.573 e. The number of rotatable bonds is 6. The number of hydrogen-bond acceptors (Lipinski definition) is 6. The Morgan fingerprint density at radius 2 is 1.86 bits per heavy atom. The van der Waals surface area contributed by atoms with Crippen molar-refractivity contribution in [1.82, 2.24) is 9.62 Å². The van der Waals surface area contributed by atoms with Gasteiger partial charge in [0.1, 0.15) is 17.1 Å². The summed E-state index contributed by atoms with van der Waals surface area (Å²) in [7, 11) is -3.88. The number of amidine groups is 1. The number of halogens is 3. The molecule has 0 aliphatic carbocycles. The van der Waals surface area contributed by atoms with E-state index in [-0.39, 0.29) is 42.9 Å². The topological polar surface area (TPSA) is 125 Å². The van der Waals surface area contributed by atoms with E-state index in [2.05, 4.69) is 15.0 Å². The second-order valence-corrected chi connectivity index (χ2v) is 10.4. The predicted molar refractivity (Wildman–Crippen MR) is 127 cm³/mol. The van der Waals surface area contributed by atoms with E-state index < -0.39 is 39.6 Å². The van der Waals surface area contributed by atoms with Crippen LogP contribution < -0.4 is 10.1 Å². The second-order valence-electron chi connectivity index (χ2n) is 8.59. The Bertz CT molecular complexity index is 1410. The van der Waals surface area contributed by atoms with E-state index >= 15 is 0 Å². The molecule has 1 spiro atoms. The highest BCUT2D eigenvalue weighted by Crippen LogP contribution is 2.33. The van der Waals surface area contributed by atoms with E-state index in [0.717, 1.165) is 17.5 Å². The van der Waals surface area contributed by atoms with Gasteiger partial charge in [-0.3, -0.25) is 9.79 Å². The molecule has 2 aromatic rings. The number of piperidine rings is 1. The molecule has 0 atom stereocenters. The third-order valence-corrected chi connectivity index (χ3v) is 7.82. The number of amides is 1. The fraction of sp³-hybridized carbons (Fsp3) is 0.292. The molecule has 9 nitrogen and oxygen atoms in total. The molecule has 196 valence electrons. The molecule has 13 heteroatoms. The number of hydrogen-bond donors (Lipinski definition) is 2. The highest BCUT2D eigenvalue weighted by atomic mass is 32.2. The number of carbonyl (C=O) groups excluding carboxylic acids is 1. The molecule has 2 N–H and O–H groups in total. The first-order valence-corrected chi connectivity index (χ1v) is 12.6. The fourth-order valence-corrected chi connectivity index (χ4v) is 5.44. The molecule has 1 amide bonds. The normalized spacial score (nSPS) is 18.2. The molecule has 1 saturated heterocycles. The lowest BCUT2D eigenvalue weighted by Gasteiger charge is -2.34. The maximum atomic E-state index is 12.9. The van der Waals surface area contributed by atoms with Crippen molar-refractivity contribution in [2.24, 2.45) is 4.99 Å². The predicted octanol–water partition coefficient (Wildman–Crippen LogP) is 3.30. The monoisotopic (exact) mass is 537 g/mol. The van der Waals surface area contributed by atoms with Crippen LogP contribution in [0.15, 0.2) is 52.9 Å². The number of carboxylic acids is 1. The third kappa shape index (κ3) is 5.67. The van der Waals surface area contributed by atoms with Crippen molar-refractivity contribution in [2.75, 3.05) is 13.1 Å². The van der Waals surface area contributed by atoms with Crippen molar-refractivity contribution >= 4 is 33.8 Å². The molecule has 2 aliphatic rings. The van der Waals surface area contributed by atoms with Crippen LogP contribution in [0.2, 0.25) is 0 Å². The summed E-state index contributed by atoms with van der Waals surface area (Å²) >= 11 is 0. The molecular formula is C24H22F3N3O6S. The highest BCUT2D eigenvalue weighted by molar-refractivity contribution is 7.92. The zero-order valence-electron chi connectivity index (χ0n) is 19.4. The molecule has 0 bridgehead atoms. The quantitative estimate of drug-likeness (QED) is 0.583. The lowest BCUT2D eigenvalue weighted by molar-refractivity contribution is -0.274. The zero-order chi connectivity index (χ0) is 27.0. The minimum Gasteiger partial charge on any atom is -0.478 e. The van der Waals surface area contributed by atoms with Gasteiger partial charge in [-0.05, 0) is 55.2 Å². The van der Waals surface area contributed by atoms with Crippen LogP contribution in [0.4, 0.5) is 13.2 Å². The number of aliphatic imine (C=N–C) groups is 1. The summed E-state index contributed by atoms with van der Waals surface area (Å²) in [5.41, 5.74) is -0.0793. The maximum absolute atomic E-state index is 12.9. The van der Waals surface area contributed by atoms with Gasteiger partial charge in [-0.2, -0.15) is 4.31 Å². The smallest absolute Gasteiger partial charge is 0.478 e. The molecule has 0 radical (unpaired) electrons. The van der Waals surface area contributed by atoms with Gasteiger partial charge in [0.2, 0.25) is 10.0 Å². The summed E-state index contributed by atoms with van der Waals surface area (Å²) in [6, 6.07) is 9.60. The number of benzene rings is 2. The van der Waals surface area contributed by atoms with Crippen molar-refractivity contribution in [3.05, 3.63) is 70.1 Å². The molecule has 4 rings (SSSR count). The van der Waals surface area contributed by atoms with Crippen LogP contribution in [0.5, 0.6) is 5.75 Å². The van der Waals surface area contributed by atoms with Gasteiger partial charge in [0.05, 0.1) is 5.56 Å². The first-order chi connectivity index (χ1) is 17.3. The van der Waals surface area contributed by atoms with E-state index in [0.29, 0.717) is 11.1 Å². The molecule has 37 heavy (non-hydrogen) atoms. The standard InChI is InChI=1S/C24H22F3N3O6S/c1-15-16(4-3-7-19(15)21(31)32)8-13-37(34,35)30-11-9-23(10-12-30)22(33)28-20(29-23)17-5-2-6-18(14-17)36-24(25,26)27/h2-8,13-14H,9-12H2,1H3,(H,31,32)(H,28,29,33). The highest BCUT2D eigenvalue weighted by Gasteiger charge is 2.47. The second kappa shape index (κ2) is 9.63. The maximum Gasteiger partial charge on any atom is 0.573 e. The number of aromatic carboxylic acids is 1. The van der Waals surface area contributed by atoms with E-state index in [1.165, 1.54) is 34.6 Å². The van der Waals surface area contributed by atoms with Gasteiger partial charge >= 0.3 is 12.3 Å². The summed E-state index contributed by atoms with van der Waals surface area (Å²) in [5, 5.41) is 12.8. The number of alkyl halides is 3. The van der Waals surface area contributed by atoms with Gasteiger partial charge in [0.15, 0.2) is 0 Å². The minimum atomic E-state index is -4.87. The van der Waals surface area contributed by atoms with Crippen molar-refractivity contribution in [3.63, 3.8) is 0 Å². The van der Waals surface area contributed by atoms with Gasteiger partial charge < -0.3 is 15.2 Å². The summed E-state index contributed by atoms with van der Waals surface area (Å²) in [5.74, 6) is -1.95. The Kier molecular flexibility index (Phi) is 6.86. The van der Waals surface area contributed by atoms with Crippen molar-refractivity contribution in [2.45, 2.75) is 31.7 Å². The average molecular weight is 538 g/mol. The summed E-state index contributed by atoms with van der Waals surface area (Å²) in [6.07, 6.45) is -3.40. The molecular weight excluding hydrogens is 515 g/mol. The Hall–Kier alpha value is -3.71. The van der Waals surface area contributed by atoms with Crippen molar-refractivity contribution < 1.29 is 41.0 Å². The van der Waals surface area contributed by atoms with E-state index in [1.807, 2.05) is 0 Å². The molecule has 2 aromatic carbocycles. The first-order valence-electron chi connectivity index (χ1n) is 11.1. The summed E-state index contributed by atoms with van der Waals surface area (Å²) in [6.45, 7) is 1.56. The van der Waals surface area contributed by atoms with Crippen molar-refractivity contribution in [3.8, 4) is 5.75 Å². The Morgan fingerprint density at radius 3 is 2.51 bits per heavy atom. The number of sulfonamides is 1. The summed E-state index contributed by atoms with van der Waals surface area (Å²) in [4.78, 5) is 28.5. The van der Waals surface area contributed by atoms with Crippen LogP contribution in [0.1, 0.15) is 39.9 Å². The van der Waals surface area contributed by atoms with Gasteiger partial charge in [-0.25, -0.2) is 13.2 Å². The number of carboxylic acid groups (broad SMARTS) is 1. The van der Waals surface area contributed by atoms with Gasteiger partial charge in [0, 0.05) is 24.1 Å². The average Bonchev–Trinajstić information content (AvgIpc) is 3.13. The number of carbonyl (C=O) groups is 2. The van der Waals surface area contributed by atoms with Gasteiger partial charge in [-0.1, -0.05) is 24.3 Å². The number of ether oxygens (including phenoxy) is 1. The molecule has 0 saturated carbocycles. The fourth-order valence-electron chi connectivity index (χ4n) is 4.25. The third-order valence-electron chi connectivity index (χ3n) is 6.26. The number of nitrogens with zero attached hydrogens (tertiary/aromatic N) is 2. The van der Waals surface area contributed by atoms with Crippen LogP contribution in [0.25, 0.3) is 6.08 Å². The van der Waals surface area contributed by atoms with Gasteiger partial charge in [-0.15, -0.1) is 13.2 Å². The van der Waals surface area contributed by atoms with Gasteiger partial charge in [0.25, 0.3) is 5.91 Å². The molecule has 1 fully saturated rings. The van der Waals surface area contributed by atoms with Crippen molar-refractivity contribution in [1.29, 1.82) is 0 Å². The van der Waals surface area contributed by atoms with Crippen LogP contribution >= 0.6 is 0 Å². The lowest BCUT2D eigenvalue weighted by atomic mass is 9.89. The number of nitrogens with one attached hydrogen (secondary N) is 1. The SMILES string of the molecule is Cc1c(C=CS(=O)(=O)N2CCC3(CC2)N=C(c2cccc(OC(F)(F)F)c2)NC3=O)cccc1C(=O)O. The first kappa shape index (κ1) is 26.4. The Balaban J connectivity index is 1.48. The van der Waals surface area contributed by atoms with E-state index in [1.54, 1.807) is 13.0 Å². The zero-order valence-corrected chi connectivity index (χ0v) is 20.3. The molecule has 2 heterocycles. The van der Waals surface area contributed by atoms with E-state index in [4.69, 9.17) is 0 Å².